The van der Waals surface area contributed by atoms with Gasteiger partial charge in [0.25, 0.3) is 0 Å². The molecule has 0 atom stereocenters. The first-order valence-electron chi connectivity index (χ1n) is 4.97. The van der Waals surface area contributed by atoms with Crippen molar-refractivity contribution in [2.24, 2.45) is 5.14 Å². The van der Waals surface area contributed by atoms with Crippen molar-refractivity contribution in [3.63, 3.8) is 0 Å². The molecule has 8 heteroatoms. The van der Waals surface area contributed by atoms with E-state index in [1.807, 2.05) is 0 Å². The summed E-state index contributed by atoms with van der Waals surface area (Å²) in [4.78, 5) is 3.48. The largest absolute Gasteiger partial charge is 0.454 e. The van der Waals surface area contributed by atoms with Crippen LogP contribution in [0.2, 0.25) is 10.0 Å². The highest BCUT2D eigenvalue weighted by Gasteiger charge is 2.16. The van der Waals surface area contributed by atoms with E-state index in [1.165, 1.54) is 24.4 Å². The molecular formula is C11H8Cl2N2O3S. The van der Waals surface area contributed by atoms with E-state index in [4.69, 9.17) is 33.1 Å². The molecule has 0 saturated carbocycles. The van der Waals surface area contributed by atoms with E-state index < -0.39 is 10.0 Å². The van der Waals surface area contributed by atoms with Gasteiger partial charge >= 0.3 is 0 Å². The van der Waals surface area contributed by atoms with Crippen molar-refractivity contribution >= 4 is 33.2 Å². The summed E-state index contributed by atoms with van der Waals surface area (Å²) < 4.78 is 28.2. The number of benzene rings is 1. The van der Waals surface area contributed by atoms with Crippen LogP contribution in [0.5, 0.6) is 11.5 Å². The molecule has 0 amide bonds. The van der Waals surface area contributed by atoms with Gasteiger partial charge in [0.2, 0.25) is 10.0 Å². The van der Waals surface area contributed by atoms with Gasteiger partial charge in [0.1, 0.15) is 10.6 Å². The van der Waals surface area contributed by atoms with Crippen molar-refractivity contribution < 1.29 is 13.2 Å². The highest BCUT2D eigenvalue weighted by atomic mass is 35.5. The van der Waals surface area contributed by atoms with E-state index in [0.717, 1.165) is 6.20 Å². The fourth-order valence-corrected chi connectivity index (χ4v) is 2.39. The van der Waals surface area contributed by atoms with Crippen molar-refractivity contribution in [2.75, 3.05) is 0 Å². The Bertz CT molecular complexity index is 720. The average Bonchev–Trinajstić information content (AvgIpc) is 2.32. The Morgan fingerprint density at radius 1 is 1.16 bits per heavy atom. The number of hydrogen-bond donors (Lipinski definition) is 1. The molecule has 1 aromatic heterocycles. The van der Waals surface area contributed by atoms with Gasteiger partial charge < -0.3 is 4.74 Å². The number of aromatic nitrogens is 1. The minimum Gasteiger partial charge on any atom is -0.454 e. The molecule has 0 unspecified atom stereocenters. The van der Waals surface area contributed by atoms with Crippen molar-refractivity contribution in [3.8, 4) is 11.5 Å². The topological polar surface area (TPSA) is 82.3 Å². The molecule has 100 valence electrons. The Morgan fingerprint density at radius 2 is 1.89 bits per heavy atom. The third-order valence-electron chi connectivity index (χ3n) is 2.17. The fraction of sp³-hybridized carbons (Fsp3) is 0. The minimum absolute atomic E-state index is 0.0433. The van der Waals surface area contributed by atoms with Crippen molar-refractivity contribution in [1.29, 1.82) is 0 Å². The Morgan fingerprint density at radius 3 is 2.53 bits per heavy atom. The summed E-state index contributed by atoms with van der Waals surface area (Å²) in [5.41, 5.74) is 0. The molecular weight excluding hydrogens is 311 g/mol. The lowest BCUT2D eigenvalue weighted by Gasteiger charge is -2.10. The van der Waals surface area contributed by atoms with E-state index >= 15 is 0 Å². The molecule has 1 aromatic carbocycles. The summed E-state index contributed by atoms with van der Waals surface area (Å²) in [5, 5.41) is 5.77. The van der Waals surface area contributed by atoms with Gasteiger partial charge in [-0.1, -0.05) is 23.2 Å². The van der Waals surface area contributed by atoms with E-state index in [0.29, 0.717) is 5.02 Å². The normalized spacial score (nSPS) is 11.3. The van der Waals surface area contributed by atoms with Gasteiger partial charge in [-0.2, -0.15) is 0 Å². The van der Waals surface area contributed by atoms with Gasteiger partial charge in [-0.25, -0.2) is 13.6 Å². The van der Waals surface area contributed by atoms with Crippen LogP contribution in [0.15, 0.2) is 41.6 Å². The first-order valence-corrected chi connectivity index (χ1v) is 7.28. The summed E-state index contributed by atoms with van der Waals surface area (Å²) in [7, 11) is -3.93. The summed E-state index contributed by atoms with van der Waals surface area (Å²) in [6.45, 7) is 0. The second-order valence-corrected chi connectivity index (χ2v) is 5.92. The van der Waals surface area contributed by atoms with Crippen molar-refractivity contribution in [1.82, 2.24) is 4.98 Å². The first-order chi connectivity index (χ1) is 8.88. The lowest BCUT2D eigenvalue weighted by atomic mass is 10.3. The van der Waals surface area contributed by atoms with Crippen LogP contribution >= 0.6 is 23.2 Å². The van der Waals surface area contributed by atoms with Gasteiger partial charge in [0, 0.05) is 17.3 Å². The third-order valence-corrected chi connectivity index (χ3v) is 3.62. The SMILES string of the molecule is NS(=O)(=O)c1cnccc1Oc1ccc(Cl)cc1Cl. The van der Waals surface area contributed by atoms with Crippen LogP contribution in [0.4, 0.5) is 0 Å². The van der Waals surface area contributed by atoms with Gasteiger partial charge in [0.05, 0.1) is 11.2 Å². The van der Waals surface area contributed by atoms with Crippen LogP contribution in [0, 0.1) is 0 Å². The molecule has 19 heavy (non-hydrogen) atoms. The molecule has 1 heterocycles. The number of sulfonamides is 1. The molecule has 0 radical (unpaired) electrons. The second-order valence-electron chi connectivity index (χ2n) is 3.54. The molecule has 0 aliphatic heterocycles. The lowest BCUT2D eigenvalue weighted by molar-refractivity contribution is 0.466. The van der Waals surface area contributed by atoms with Crippen LogP contribution in [0.3, 0.4) is 0 Å². The zero-order valence-corrected chi connectivity index (χ0v) is 11.7. The summed E-state index contributed by atoms with van der Waals surface area (Å²) in [6, 6.07) is 5.96. The predicted molar refractivity (Wildman–Crippen MR) is 72.1 cm³/mol. The molecule has 2 rings (SSSR count). The zero-order valence-electron chi connectivity index (χ0n) is 9.38. The van der Waals surface area contributed by atoms with E-state index in [9.17, 15) is 8.42 Å². The Balaban J connectivity index is 2.44. The number of primary sulfonamides is 1. The van der Waals surface area contributed by atoms with E-state index in [2.05, 4.69) is 4.98 Å². The fourth-order valence-electron chi connectivity index (χ4n) is 1.34. The molecule has 0 spiro atoms. The van der Waals surface area contributed by atoms with Crippen LogP contribution in [-0.2, 0) is 10.0 Å². The first kappa shape index (κ1) is 14.1. The van der Waals surface area contributed by atoms with Crippen LogP contribution < -0.4 is 9.88 Å². The molecule has 0 saturated heterocycles. The van der Waals surface area contributed by atoms with Gasteiger partial charge in [-0.05, 0) is 18.2 Å². The third kappa shape index (κ3) is 3.36. The Hall–Kier alpha value is -1.34. The Kier molecular flexibility index (Phi) is 3.96. The van der Waals surface area contributed by atoms with Gasteiger partial charge in [-0.3, -0.25) is 4.98 Å². The smallest absolute Gasteiger partial charge is 0.243 e. The van der Waals surface area contributed by atoms with Crippen LogP contribution in [0.1, 0.15) is 0 Å². The van der Waals surface area contributed by atoms with E-state index in [-0.39, 0.29) is 21.4 Å². The number of rotatable bonds is 3. The summed E-state index contributed by atoms with van der Waals surface area (Å²) in [6.07, 6.45) is 2.49. The number of pyridine rings is 1. The molecule has 0 aliphatic carbocycles. The number of hydrogen-bond acceptors (Lipinski definition) is 4. The van der Waals surface area contributed by atoms with Gasteiger partial charge in [-0.15, -0.1) is 0 Å². The molecule has 0 bridgehead atoms. The quantitative estimate of drug-likeness (QED) is 0.943. The molecule has 2 N–H and O–H groups in total. The van der Waals surface area contributed by atoms with Crippen LogP contribution in [-0.4, -0.2) is 13.4 Å². The highest BCUT2D eigenvalue weighted by Crippen LogP contribution is 2.33. The van der Waals surface area contributed by atoms with Crippen molar-refractivity contribution in [2.45, 2.75) is 4.90 Å². The van der Waals surface area contributed by atoms with Gasteiger partial charge in [0.15, 0.2) is 5.75 Å². The zero-order chi connectivity index (χ0) is 14.0. The average molecular weight is 319 g/mol. The number of halogens is 2. The van der Waals surface area contributed by atoms with Crippen LogP contribution in [0.25, 0.3) is 0 Å². The highest BCUT2D eigenvalue weighted by molar-refractivity contribution is 7.89. The molecule has 5 nitrogen and oxygen atoms in total. The van der Waals surface area contributed by atoms with E-state index in [1.54, 1.807) is 6.07 Å². The predicted octanol–water partition coefficient (Wildman–Crippen LogP) is 2.83. The number of ether oxygens (including phenoxy) is 1. The number of nitrogens with zero attached hydrogens (tertiary/aromatic N) is 1. The second kappa shape index (κ2) is 5.34. The maximum atomic E-state index is 11.4. The number of nitrogens with two attached hydrogens (primary N) is 1. The minimum atomic E-state index is -3.93. The molecule has 2 aromatic rings. The maximum Gasteiger partial charge on any atom is 0.243 e. The summed E-state index contributed by atoms with van der Waals surface area (Å²) in [5.74, 6) is 0.309. The summed E-state index contributed by atoms with van der Waals surface area (Å²) >= 11 is 11.7. The monoisotopic (exact) mass is 318 g/mol. The Labute approximate surface area is 120 Å². The molecule has 0 fully saturated rings. The lowest BCUT2D eigenvalue weighted by Crippen LogP contribution is -2.13. The maximum absolute atomic E-state index is 11.4. The standard InChI is InChI=1S/C11H8Cl2N2O3S/c12-7-1-2-9(8(13)5-7)18-10-3-4-15-6-11(10)19(14,16)17/h1-6H,(H2,14,16,17). The van der Waals surface area contributed by atoms with Crippen molar-refractivity contribution in [3.05, 3.63) is 46.7 Å². The molecule has 0 aliphatic rings.